The summed E-state index contributed by atoms with van der Waals surface area (Å²) in [7, 11) is -3.26. The SMILES string of the molecule is CC.CC.O=S(=O)(CCO)c1ccccc1. The van der Waals surface area contributed by atoms with Crippen LogP contribution in [0.4, 0.5) is 0 Å². The maximum absolute atomic E-state index is 11.3. The van der Waals surface area contributed by atoms with Gasteiger partial charge in [0, 0.05) is 0 Å². The van der Waals surface area contributed by atoms with Crippen molar-refractivity contribution in [3.63, 3.8) is 0 Å². The van der Waals surface area contributed by atoms with Crippen LogP contribution in [0, 0.1) is 0 Å². The molecule has 0 saturated carbocycles. The van der Waals surface area contributed by atoms with E-state index in [9.17, 15) is 8.42 Å². The summed E-state index contributed by atoms with van der Waals surface area (Å²) in [5.41, 5.74) is 0. The number of aliphatic hydroxyl groups excluding tert-OH is 1. The molecule has 0 aliphatic rings. The van der Waals surface area contributed by atoms with Gasteiger partial charge in [0.15, 0.2) is 9.84 Å². The molecule has 16 heavy (non-hydrogen) atoms. The largest absolute Gasteiger partial charge is 0.395 e. The monoisotopic (exact) mass is 246 g/mol. The van der Waals surface area contributed by atoms with Gasteiger partial charge in [0.1, 0.15) is 0 Å². The molecule has 0 bridgehead atoms. The molecule has 0 radical (unpaired) electrons. The van der Waals surface area contributed by atoms with Crippen LogP contribution < -0.4 is 0 Å². The minimum absolute atomic E-state index is 0.211. The summed E-state index contributed by atoms with van der Waals surface area (Å²) in [6.45, 7) is 7.66. The van der Waals surface area contributed by atoms with Crippen molar-refractivity contribution < 1.29 is 13.5 Å². The van der Waals surface area contributed by atoms with E-state index in [4.69, 9.17) is 5.11 Å². The predicted molar refractivity (Wildman–Crippen MR) is 68.3 cm³/mol. The molecule has 0 aromatic heterocycles. The van der Waals surface area contributed by atoms with Crippen molar-refractivity contribution in [1.29, 1.82) is 0 Å². The second kappa shape index (κ2) is 10.6. The molecule has 4 heteroatoms. The highest BCUT2D eigenvalue weighted by molar-refractivity contribution is 7.91. The van der Waals surface area contributed by atoms with Gasteiger partial charge in [-0.2, -0.15) is 0 Å². The lowest BCUT2D eigenvalue weighted by Gasteiger charge is -2.00. The molecule has 0 fully saturated rings. The number of hydrogen-bond acceptors (Lipinski definition) is 3. The number of aliphatic hydroxyl groups is 1. The van der Waals surface area contributed by atoms with E-state index in [2.05, 4.69) is 0 Å². The Balaban J connectivity index is 0. The first kappa shape index (κ1) is 17.5. The Hall–Kier alpha value is -0.870. The maximum Gasteiger partial charge on any atom is 0.180 e. The Bertz CT molecular complexity index is 331. The third kappa shape index (κ3) is 6.58. The predicted octanol–water partition coefficient (Wildman–Crippen LogP) is 2.51. The molecule has 1 aromatic rings. The molecule has 94 valence electrons. The first-order chi connectivity index (χ1) is 7.67. The number of rotatable bonds is 3. The lowest BCUT2D eigenvalue weighted by molar-refractivity contribution is 0.319. The highest BCUT2D eigenvalue weighted by Crippen LogP contribution is 2.08. The molecule has 0 spiro atoms. The van der Waals surface area contributed by atoms with E-state index < -0.39 is 9.84 Å². The summed E-state index contributed by atoms with van der Waals surface area (Å²) in [6, 6.07) is 8.10. The van der Waals surface area contributed by atoms with Crippen LogP contribution in [-0.2, 0) is 9.84 Å². The van der Waals surface area contributed by atoms with Crippen molar-refractivity contribution in [3.05, 3.63) is 30.3 Å². The zero-order chi connectivity index (χ0) is 13.0. The molecule has 0 heterocycles. The first-order valence-corrected chi connectivity index (χ1v) is 7.21. The maximum atomic E-state index is 11.3. The molecule has 0 atom stereocenters. The van der Waals surface area contributed by atoms with Crippen LogP contribution >= 0.6 is 0 Å². The van der Waals surface area contributed by atoms with Crippen molar-refractivity contribution in [2.24, 2.45) is 0 Å². The summed E-state index contributed by atoms with van der Waals surface area (Å²) in [5.74, 6) is -0.211. The summed E-state index contributed by atoms with van der Waals surface area (Å²) < 4.78 is 22.5. The minimum Gasteiger partial charge on any atom is -0.395 e. The van der Waals surface area contributed by atoms with Crippen molar-refractivity contribution >= 4 is 9.84 Å². The first-order valence-electron chi connectivity index (χ1n) is 5.55. The minimum atomic E-state index is -3.26. The second-order valence-corrected chi connectivity index (χ2v) is 4.46. The summed E-state index contributed by atoms with van der Waals surface area (Å²) in [5, 5.41) is 8.48. The summed E-state index contributed by atoms with van der Waals surface area (Å²) in [4.78, 5) is 0.263. The Morgan fingerprint density at radius 3 is 1.81 bits per heavy atom. The fourth-order valence-electron chi connectivity index (χ4n) is 0.866. The van der Waals surface area contributed by atoms with E-state index in [1.54, 1.807) is 18.2 Å². The topological polar surface area (TPSA) is 54.4 Å². The van der Waals surface area contributed by atoms with Gasteiger partial charge in [0.25, 0.3) is 0 Å². The molecular formula is C12H22O3S. The van der Waals surface area contributed by atoms with Gasteiger partial charge in [-0.1, -0.05) is 45.9 Å². The summed E-state index contributed by atoms with van der Waals surface area (Å²) >= 11 is 0. The quantitative estimate of drug-likeness (QED) is 0.891. The molecule has 0 aliphatic carbocycles. The van der Waals surface area contributed by atoms with E-state index in [0.717, 1.165) is 0 Å². The normalized spacial score (nSPS) is 9.31. The Labute approximate surface area is 99.1 Å². The molecule has 0 saturated heterocycles. The average Bonchev–Trinajstić information content (AvgIpc) is 2.35. The van der Waals surface area contributed by atoms with Crippen molar-refractivity contribution in [2.75, 3.05) is 12.4 Å². The fraction of sp³-hybridized carbons (Fsp3) is 0.500. The van der Waals surface area contributed by atoms with Gasteiger partial charge in [-0.3, -0.25) is 0 Å². The molecule has 1 N–H and O–H groups in total. The van der Waals surface area contributed by atoms with Crippen molar-refractivity contribution in [1.82, 2.24) is 0 Å². The van der Waals surface area contributed by atoms with E-state index in [-0.39, 0.29) is 17.3 Å². The molecule has 1 rings (SSSR count). The molecule has 1 aromatic carbocycles. The third-order valence-corrected chi connectivity index (χ3v) is 3.17. The van der Waals surface area contributed by atoms with Crippen LogP contribution in [0.1, 0.15) is 27.7 Å². The van der Waals surface area contributed by atoms with E-state index >= 15 is 0 Å². The van der Waals surface area contributed by atoms with E-state index in [1.165, 1.54) is 12.1 Å². The van der Waals surface area contributed by atoms with Crippen LogP contribution in [0.2, 0.25) is 0 Å². The van der Waals surface area contributed by atoms with Gasteiger partial charge >= 0.3 is 0 Å². The number of benzene rings is 1. The Morgan fingerprint density at radius 2 is 1.44 bits per heavy atom. The highest BCUT2D eigenvalue weighted by Gasteiger charge is 2.11. The van der Waals surface area contributed by atoms with Crippen molar-refractivity contribution in [2.45, 2.75) is 32.6 Å². The number of hydrogen-bond donors (Lipinski definition) is 1. The lowest BCUT2D eigenvalue weighted by atomic mass is 10.4. The second-order valence-electron chi connectivity index (χ2n) is 2.36. The zero-order valence-electron chi connectivity index (χ0n) is 10.5. The number of sulfone groups is 1. The molecule has 3 nitrogen and oxygen atoms in total. The lowest BCUT2D eigenvalue weighted by Crippen LogP contribution is -2.09. The highest BCUT2D eigenvalue weighted by atomic mass is 32.2. The van der Waals surface area contributed by atoms with E-state index in [0.29, 0.717) is 0 Å². The van der Waals surface area contributed by atoms with Crippen LogP contribution in [0.15, 0.2) is 35.2 Å². The Kier molecular flexibility index (Phi) is 11.7. The van der Waals surface area contributed by atoms with Gasteiger partial charge in [-0.15, -0.1) is 0 Å². The van der Waals surface area contributed by atoms with Crippen LogP contribution in [0.5, 0.6) is 0 Å². The van der Waals surface area contributed by atoms with Gasteiger partial charge in [-0.05, 0) is 12.1 Å². The van der Waals surface area contributed by atoms with Crippen molar-refractivity contribution in [3.8, 4) is 0 Å². The fourth-order valence-corrected chi connectivity index (χ4v) is 1.91. The van der Waals surface area contributed by atoms with Crippen LogP contribution in [0.25, 0.3) is 0 Å². The third-order valence-electron chi connectivity index (χ3n) is 1.46. The van der Waals surface area contributed by atoms with Crippen LogP contribution in [0.3, 0.4) is 0 Å². The van der Waals surface area contributed by atoms with E-state index in [1.807, 2.05) is 27.7 Å². The molecular weight excluding hydrogens is 224 g/mol. The average molecular weight is 246 g/mol. The zero-order valence-corrected chi connectivity index (χ0v) is 11.3. The molecule has 0 aliphatic heterocycles. The standard InChI is InChI=1S/C8H10O3S.2C2H6/c9-6-7-12(10,11)8-4-2-1-3-5-8;2*1-2/h1-5,9H,6-7H2;2*1-2H3. The molecule has 0 amide bonds. The van der Waals surface area contributed by atoms with Gasteiger partial charge in [-0.25, -0.2) is 8.42 Å². The smallest absolute Gasteiger partial charge is 0.180 e. The summed E-state index contributed by atoms with van der Waals surface area (Å²) in [6.07, 6.45) is 0. The Morgan fingerprint density at radius 1 is 1.00 bits per heavy atom. The van der Waals surface area contributed by atoms with Gasteiger partial charge in [0.2, 0.25) is 0 Å². The van der Waals surface area contributed by atoms with Crippen LogP contribution in [-0.4, -0.2) is 25.9 Å². The van der Waals surface area contributed by atoms with Gasteiger partial charge < -0.3 is 5.11 Å². The molecule has 0 unspecified atom stereocenters. The van der Waals surface area contributed by atoms with Gasteiger partial charge in [0.05, 0.1) is 17.3 Å².